The number of rotatable bonds is 6. The first kappa shape index (κ1) is 19.6. The van der Waals surface area contributed by atoms with Crippen molar-refractivity contribution in [2.75, 3.05) is 18.5 Å². The van der Waals surface area contributed by atoms with E-state index in [0.29, 0.717) is 40.8 Å². The van der Waals surface area contributed by atoms with E-state index in [-0.39, 0.29) is 5.91 Å². The number of ether oxygens (including phenoxy) is 2. The van der Waals surface area contributed by atoms with Crippen LogP contribution in [0.3, 0.4) is 0 Å². The van der Waals surface area contributed by atoms with Crippen molar-refractivity contribution >= 4 is 40.1 Å². The van der Waals surface area contributed by atoms with Crippen LogP contribution in [0.2, 0.25) is 5.02 Å². The number of halogens is 1. The fourth-order valence-electron chi connectivity index (χ4n) is 2.75. The van der Waals surface area contributed by atoms with Crippen molar-refractivity contribution in [3.63, 3.8) is 0 Å². The lowest BCUT2D eigenvalue weighted by atomic mass is 10.1. The van der Waals surface area contributed by atoms with E-state index in [9.17, 15) is 4.79 Å². The Balaban J connectivity index is 1.67. The fourth-order valence-corrected chi connectivity index (χ4v) is 4.04. The first-order valence-electron chi connectivity index (χ1n) is 9.02. The van der Waals surface area contributed by atoms with Gasteiger partial charge in [0, 0.05) is 18.4 Å². The Bertz CT molecular complexity index is 834. The van der Waals surface area contributed by atoms with Crippen LogP contribution >= 0.6 is 22.9 Å². The number of anilines is 1. The number of nitrogens with zero attached hydrogens (tertiary/aromatic N) is 2. The minimum absolute atomic E-state index is 0.273. The number of carbonyl (C=O) groups excluding carboxylic acids is 1. The number of hydrogen-bond acceptors (Lipinski definition) is 6. The van der Waals surface area contributed by atoms with Gasteiger partial charge in [-0.25, -0.2) is 0 Å². The lowest BCUT2D eigenvalue weighted by Crippen LogP contribution is -2.07. The van der Waals surface area contributed by atoms with E-state index in [1.54, 1.807) is 12.1 Å². The number of carbonyl (C=O) groups is 1. The highest BCUT2D eigenvalue weighted by atomic mass is 35.5. The summed E-state index contributed by atoms with van der Waals surface area (Å²) in [5.74, 6) is 1.26. The van der Waals surface area contributed by atoms with Gasteiger partial charge in [-0.3, -0.25) is 10.1 Å². The summed E-state index contributed by atoms with van der Waals surface area (Å²) in [6, 6.07) is 3.56. The molecular formula is C19H22ClN3O3S. The Hall–Kier alpha value is -2.12. The highest BCUT2D eigenvalue weighted by Crippen LogP contribution is 2.38. The van der Waals surface area contributed by atoms with Crippen LogP contribution in [0, 0.1) is 0 Å². The molecule has 2 aromatic rings. The summed E-state index contributed by atoms with van der Waals surface area (Å²) < 4.78 is 11.3. The second-order valence-electron chi connectivity index (χ2n) is 6.16. The second kappa shape index (κ2) is 9.19. The number of aromatic nitrogens is 2. The Morgan fingerprint density at radius 3 is 2.85 bits per heavy atom. The average molecular weight is 408 g/mol. The first-order valence-corrected chi connectivity index (χ1v) is 10.2. The molecule has 1 aliphatic rings. The van der Waals surface area contributed by atoms with Crippen LogP contribution in [0.25, 0.3) is 6.08 Å². The third-order valence-corrected chi connectivity index (χ3v) is 5.54. The number of nitrogens with one attached hydrogen (secondary N) is 1. The molecule has 27 heavy (non-hydrogen) atoms. The Morgan fingerprint density at radius 2 is 2.07 bits per heavy atom. The molecule has 0 unspecified atom stereocenters. The van der Waals surface area contributed by atoms with Crippen LogP contribution in [0.15, 0.2) is 18.2 Å². The number of fused-ring (bicyclic) bond motifs is 1. The molecule has 1 aliphatic heterocycles. The predicted molar refractivity (Wildman–Crippen MR) is 108 cm³/mol. The SMILES string of the molecule is CCC(CC)c1nnc(NC(=O)/C=C/c2cc(Cl)c3c(c2)OCCCO3)s1. The number of amides is 1. The lowest BCUT2D eigenvalue weighted by molar-refractivity contribution is -0.111. The largest absolute Gasteiger partial charge is 0.489 e. The van der Waals surface area contributed by atoms with Gasteiger partial charge in [-0.1, -0.05) is 36.8 Å². The molecule has 144 valence electrons. The van der Waals surface area contributed by atoms with Gasteiger partial charge >= 0.3 is 0 Å². The Morgan fingerprint density at radius 1 is 1.30 bits per heavy atom. The maximum absolute atomic E-state index is 12.2. The number of hydrogen-bond donors (Lipinski definition) is 1. The molecule has 8 heteroatoms. The predicted octanol–water partition coefficient (Wildman–Crippen LogP) is 4.91. The van der Waals surface area contributed by atoms with Gasteiger partial charge < -0.3 is 9.47 Å². The molecule has 0 radical (unpaired) electrons. The molecule has 3 rings (SSSR count). The smallest absolute Gasteiger partial charge is 0.250 e. The van der Waals surface area contributed by atoms with E-state index in [1.165, 1.54) is 17.4 Å². The molecule has 0 spiro atoms. The molecule has 2 heterocycles. The van der Waals surface area contributed by atoms with E-state index in [2.05, 4.69) is 29.4 Å². The van der Waals surface area contributed by atoms with Crippen molar-refractivity contribution in [2.45, 2.75) is 39.0 Å². The molecule has 0 atom stereocenters. The summed E-state index contributed by atoms with van der Waals surface area (Å²) in [5.41, 5.74) is 0.759. The molecule has 0 aliphatic carbocycles. The molecule has 0 fully saturated rings. The Kier molecular flexibility index (Phi) is 6.68. The molecule has 0 bridgehead atoms. The monoisotopic (exact) mass is 407 g/mol. The first-order chi connectivity index (χ1) is 13.1. The van der Waals surface area contributed by atoms with E-state index >= 15 is 0 Å². The van der Waals surface area contributed by atoms with Crippen molar-refractivity contribution in [3.05, 3.63) is 33.8 Å². The maximum atomic E-state index is 12.2. The van der Waals surface area contributed by atoms with E-state index in [0.717, 1.165) is 29.8 Å². The van der Waals surface area contributed by atoms with Crippen molar-refractivity contribution in [1.29, 1.82) is 0 Å². The van der Waals surface area contributed by atoms with Gasteiger partial charge in [0.05, 0.1) is 18.2 Å². The van der Waals surface area contributed by atoms with E-state index in [1.807, 2.05) is 6.07 Å². The summed E-state index contributed by atoms with van der Waals surface area (Å²) in [7, 11) is 0. The third-order valence-electron chi connectivity index (χ3n) is 4.26. The fraction of sp³-hybridized carbons (Fsp3) is 0.421. The second-order valence-corrected chi connectivity index (χ2v) is 7.58. The number of benzene rings is 1. The van der Waals surface area contributed by atoms with Crippen LogP contribution < -0.4 is 14.8 Å². The van der Waals surface area contributed by atoms with Crippen LogP contribution in [0.5, 0.6) is 11.5 Å². The third kappa shape index (κ3) is 4.99. The van der Waals surface area contributed by atoms with Crippen LogP contribution in [-0.2, 0) is 4.79 Å². The quantitative estimate of drug-likeness (QED) is 0.689. The van der Waals surface area contributed by atoms with Crippen LogP contribution in [-0.4, -0.2) is 29.3 Å². The van der Waals surface area contributed by atoms with Gasteiger partial charge in [0.25, 0.3) is 0 Å². The molecule has 1 amide bonds. The molecule has 0 saturated carbocycles. The summed E-state index contributed by atoms with van der Waals surface area (Å²) in [4.78, 5) is 12.2. The standard InChI is InChI=1S/C19H22ClN3O3S/c1-3-13(4-2)18-22-23-19(27-18)21-16(24)7-6-12-10-14(20)17-15(11-12)25-8-5-9-26-17/h6-7,10-11,13H,3-5,8-9H2,1-2H3,(H,21,23,24)/b7-6+. The van der Waals surface area contributed by atoms with Crippen molar-refractivity contribution in [3.8, 4) is 11.5 Å². The van der Waals surface area contributed by atoms with Crippen LogP contribution in [0.4, 0.5) is 5.13 Å². The zero-order chi connectivity index (χ0) is 19.2. The highest BCUT2D eigenvalue weighted by molar-refractivity contribution is 7.15. The molecule has 1 aromatic heterocycles. The zero-order valence-electron chi connectivity index (χ0n) is 15.3. The highest BCUT2D eigenvalue weighted by Gasteiger charge is 2.16. The van der Waals surface area contributed by atoms with Gasteiger partial charge in [-0.05, 0) is 36.6 Å². The molecule has 0 saturated heterocycles. The normalized spacial score (nSPS) is 13.8. The van der Waals surface area contributed by atoms with Crippen molar-refractivity contribution in [1.82, 2.24) is 10.2 Å². The average Bonchev–Trinajstić information content (AvgIpc) is 2.96. The topological polar surface area (TPSA) is 73.3 Å². The van der Waals surface area contributed by atoms with Gasteiger partial charge in [-0.2, -0.15) is 0 Å². The Labute approximate surface area is 167 Å². The summed E-state index contributed by atoms with van der Waals surface area (Å²) >= 11 is 7.69. The van der Waals surface area contributed by atoms with Crippen molar-refractivity contribution < 1.29 is 14.3 Å². The summed E-state index contributed by atoms with van der Waals surface area (Å²) in [6.45, 7) is 5.39. The molecule has 1 N–H and O–H groups in total. The van der Waals surface area contributed by atoms with Crippen LogP contribution in [0.1, 0.15) is 49.6 Å². The van der Waals surface area contributed by atoms with E-state index in [4.69, 9.17) is 21.1 Å². The summed E-state index contributed by atoms with van der Waals surface area (Å²) in [5, 5.41) is 12.9. The van der Waals surface area contributed by atoms with Gasteiger partial charge in [0.15, 0.2) is 11.5 Å². The summed E-state index contributed by atoms with van der Waals surface area (Å²) in [6.07, 6.45) is 5.93. The maximum Gasteiger partial charge on any atom is 0.250 e. The van der Waals surface area contributed by atoms with Crippen molar-refractivity contribution in [2.24, 2.45) is 0 Å². The lowest BCUT2D eigenvalue weighted by Gasteiger charge is -2.09. The van der Waals surface area contributed by atoms with Gasteiger partial charge in [-0.15, -0.1) is 10.2 Å². The van der Waals surface area contributed by atoms with Gasteiger partial charge in [0.2, 0.25) is 11.0 Å². The minimum atomic E-state index is -0.273. The molecule has 1 aromatic carbocycles. The minimum Gasteiger partial charge on any atom is -0.489 e. The van der Waals surface area contributed by atoms with E-state index < -0.39 is 0 Å². The molecular weight excluding hydrogens is 386 g/mol. The molecule has 6 nitrogen and oxygen atoms in total. The zero-order valence-corrected chi connectivity index (χ0v) is 16.9. The van der Waals surface area contributed by atoms with Gasteiger partial charge in [0.1, 0.15) is 5.01 Å².